The molecule has 2 aromatic rings. The van der Waals surface area contributed by atoms with E-state index in [1.165, 1.54) is 0 Å². The van der Waals surface area contributed by atoms with Crippen LogP contribution in [0.25, 0.3) is 11.4 Å². The molecule has 6 heteroatoms. The number of nitrogens with zero attached hydrogens (tertiary/aromatic N) is 3. The zero-order chi connectivity index (χ0) is 13.2. The van der Waals surface area contributed by atoms with Gasteiger partial charge in [0.25, 0.3) is 0 Å². The summed E-state index contributed by atoms with van der Waals surface area (Å²) in [4.78, 5) is 6.81. The van der Waals surface area contributed by atoms with Gasteiger partial charge in [-0.25, -0.2) is 0 Å². The summed E-state index contributed by atoms with van der Waals surface area (Å²) in [6.07, 6.45) is 2.07. The molecule has 102 valence electrons. The number of hydrogen-bond acceptors (Lipinski definition) is 6. The van der Waals surface area contributed by atoms with Crippen molar-refractivity contribution in [1.82, 2.24) is 15.0 Å². The zero-order valence-electron chi connectivity index (χ0n) is 11.0. The van der Waals surface area contributed by atoms with Gasteiger partial charge in [0.05, 0.1) is 6.54 Å². The van der Waals surface area contributed by atoms with E-state index in [1.807, 2.05) is 16.8 Å². The van der Waals surface area contributed by atoms with Crippen LogP contribution in [0.1, 0.15) is 25.7 Å². The molecule has 2 N–H and O–H groups in total. The molecular weight excluding hydrogens is 260 g/mol. The Morgan fingerprint density at radius 2 is 2.47 bits per heavy atom. The van der Waals surface area contributed by atoms with Crippen LogP contribution in [0.2, 0.25) is 0 Å². The van der Waals surface area contributed by atoms with Gasteiger partial charge < -0.3 is 10.3 Å². The molecule has 0 aliphatic carbocycles. The first kappa shape index (κ1) is 12.8. The summed E-state index contributed by atoms with van der Waals surface area (Å²) in [5.41, 5.74) is 6.99. The Kier molecular flexibility index (Phi) is 3.63. The standard InChI is InChI=1S/C13H18N4OS/c1-9-6-11(14)2-4-17(9)7-12-15-13(16-18-12)10-3-5-19-8-10/h3,5,8-9,11H,2,4,6-7,14H2,1H3. The van der Waals surface area contributed by atoms with E-state index in [-0.39, 0.29) is 0 Å². The van der Waals surface area contributed by atoms with Gasteiger partial charge in [-0.3, -0.25) is 4.90 Å². The molecule has 3 rings (SSSR count). The molecular formula is C13H18N4OS. The summed E-state index contributed by atoms with van der Waals surface area (Å²) in [5.74, 6) is 1.36. The van der Waals surface area contributed by atoms with Gasteiger partial charge in [-0.1, -0.05) is 5.16 Å². The SMILES string of the molecule is CC1CC(N)CCN1Cc1nc(-c2ccsc2)no1. The maximum absolute atomic E-state index is 5.97. The highest BCUT2D eigenvalue weighted by atomic mass is 32.1. The first-order valence-corrected chi connectivity index (χ1v) is 7.51. The molecule has 2 atom stereocenters. The molecule has 2 unspecified atom stereocenters. The highest BCUT2D eigenvalue weighted by Crippen LogP contribution is 2.21. The van der Waals surface area contributed by atoms with Crippen molar-refractivity contribution in [3.05, 3.63) is 22.7 Å². The lowest BCUT2D eigenvalue weighted by Gasteiger charge is -2.35. The van der Waals surface area contributed by atoms with E-state index in [1.54, 1.807) is 11.3 Å². The summed E-state index contributed by atoms with van der Waals surface area (Å²) in [7, 11) is 0. The lowest BCUT2D eigenvalue weighted by molar-refractivity contribution is 0.124. The van der Waals surface area contributed by atoms with Gasteiger partial charge in [-0.2, -0.15) is 16.3 Å². The van der Waals surface area contributed by atoms with Crippen molar-refractivity contribution in [2.45, 2.75) is 38.4 Å². The maximum Gasteiger partial charge on any atom is 0.241 e. The van der Waals surface area contributed by atoms with E-state index < -0.39 is 0 Å². The van der Waals surface area contributed by atoms with Gasteiger partial charge in [0.15, 0.2) is 0 Å². The fraction of sp³-hybridized carbons (Fsp3) is 0.538. The van der Waals surface area contributed by atoms with E-state index in [4.69, 9.17) is 10.3 Å². The van der Waals surface area contributed by atoms with Crippen molar-refractivity contribution < 1.29 is 4.52 Å². The lowest BCUT2D eigenvalue weighted by atomic mass is 9.99. The molecule has 0 spiro atoms. The summed E-state index contributed by atoms with van der Waals surface area (Å²) in [6, 6.07) is 2.80. The Morgan fingerprint density at radius 3 is 3.21 bits per heavy atom. The fourth-order valence-corrected chi connectivity index (χ4v) is 3.13. The van der Waals surface area contributed by atoms with Crippen molar-refractivity contribution in [3.8, 4) is 11.4 Å². The Balaban J connectivity index is 1.67. The number of piperidine rings is 1. The number of hydrogen-bond donors (Lipinski definition) is 1. The van der Waals surface area contributed by atoms with E-state index >= 15 is 0 Å². The summed E-state index contributed by atoms with van der Waals surface area (Å²) in [5, 5.41) is 8.07. The van der Waals surface area contributed by atoms with E-state index in [0.29, 0.717) is 30.3 Å². The van der Waals surface area contributed by atoms with Crippen LogP contribution in [0.3, 0.4) is 0 Å². The largest absolute Gasteiger partial charge is 0.338 e. The molecule has 1 saturated heterocycles. The van der Waals surface area contributed by atoms with Gasteiger partial charge in [0.1, 0.15) is 0 Å². The van der Waals surface area contributed by atoms with Crippen LogP contribution < -0.4 is 5.73 Å². The van der Waals surface area contributed by atoms with Crippen LogP contribution in [-0.2, 0) is 6.54 Å². The molecule has 0 amide bonds. The van der Waals surface area contributed by atoms with Crippen molar-refractivity contribution in [2.24, 2.45) is 5.73 Å². The predicted molar refractivity (Wildman–Crippen MR) is 74.7 cm³/mol. The zero-order valence-corrected chi connectivity index (χ0v) is 11.8. The Morgan fingerprint density at radius 1 is 1.58 bits per heavy atom. The third-order valence-corrected chi connectivity index (χ3v) is 4.32. The molecule has 3 heterocycles. The second kappa shape index (κ2) is 5.40. The number of thiophene rings is 1. The molecule has 0 radical (unpaired) electrons. The van der Waals surface area contributed by atoms with E-state index in [2.05, 4.69) is 22.0 Å². The Hall–Kier alpha value is -1.24. The molecule has 1 aliphatic rings. The summed E-state index contributed by atoms with van der Waals surface area (Å²) in [6.45, 7) is 3.92. The second-order valence-corrected chi connectivity index (χ2v) is 5.91. The molecule has 0 aromatic carbocycles. The van der Waals surface area contributed by atoms with Crippen molar-refractivity contribution >= 4 is 11.3 Å². The second-order valence-electron chi connectivity index (χ2n) is 5.13. The van der Waals surface area contributed by atoms with Crippen LogP contribution in [0.5, 0.6) is 0 Å². The van der Waals surface area contributed by atoms with Crippen molar-refractivity contribution in [3.63, 3.8) is 0 Å². The highest BCUT2D eigenvalue weighted by molar-refractivity contribution is 7.08. The number of rotatable bonds is 3. The summed E-state index contributed by atoms with van der Waals surface area (Å²) >= 11 is 1.63. The van der Waals surface area contributed by atoms with Crippen LogP contribution in [0.4, 0.5) is 0 Å². The van der Waals surface area contributed by atoms with Crippen LogP contribution in [0, 0.1) is 0 Å². The average molecular weight is 278 g/mol. The number of likely N-dealkylation sites (tertiary alicyclic amines) is 1. The van der Waals surface area contributed by atoms with Gasteiger partial charge in [-0.05, 0) is 31.2 Å². The van der Waals surface area contributed by atoms with E-state index in [9.17, 15) is 0 Å². The predicted octanol–water partition coefficient (Wildman–Crippen LogP) is 2.11. The highest BCUT2D eigenvalue weighted by Gasteiger charge is 2.24. The molecule has 5 nitrogen and oxygen atoms in total. The third kappa shape index (κ3) is 2.86. The first-order valence-electron chi connectivity index (χ1n) is 6.57. The Labute approximate surface area is 116 Å². The smallest absolute Gasteiger partial charge is 0.241 e. The van der Waals surface area contributed by atoms with Crippen LogP contribution in [0.15, 0.2) is 21.3 Å². The van der Waals surface area contributed by atoms with Gasteiger partial charge in [-0.15, -0.1) is 0 Å². The van der Waals surface area contributed by atoms with Gasteiger partial charge in [0, 0.05) is 29.6 Å². The maximum atomic E-state index is 5.97. The van der Waals surface area contributed by atoms with Crippen molar-refractivity contribution in [1.29, 1.82) is 0 Å². The molecule has 0 saturated carbocycles. The third-order valence-electron chi connectivity index (χ3n) is 3.64. The average Bonchev–Trinajstić information content (AvgIpc) is 3.03. The van der Waals surface area contributed by atoms with Gasteiger partial charge in [0.2, 0.25) is 11.7 Å². The minimum atomic E-state index is 0.329. The van der Waals surface area contributed by atoms with Crippen molar-refractivity contribution in [2.75, 3.05) is 6.54 Å². The molecule has 1 aliphatic heterocycles. The minimum absolute atomic E-state index is 0.329. The lowest BCUT2D eigenvalue weighted by Crippen LogP contribution is -2.45. The first-order chi connectivity index (χ1) is 9.22. The number of nitrogens with two attached hydrogens (primary N) is 1. The topological polar surface area (TPSA) is 68.2 Å². The van der Waals surface area contributed by atoms with Crippen LogP contribution >= 0.6 is 11.3 Å². The molecule has 2 aromatic heterocycles. The van der Waals surface area contributed by atoms with Gasteiger partial charge >= 0.3 is 0 Å². The van der Waals surface area contributed by atoms with Crippen LogP contribution in [-0.4, -0.2) is 33.7 Å². The normalized spacial score (nSPS) is 24.7. The van der Waals surface area contributed by atoms with E-state index in [0.717, 1.165) is 24.9 Å². The molecule has 0 bridgehead atoms. The Bertz CT molecular complexity index is 524. The fourth-order valence-electron chi connectivity index (χ4n) is 2.49. The number of aromatic nitrogens is 2. The quantitative estimate of drug-likeness (QED) is 0.931. The minimum Gasteiger partial charge on any atom is -0.338 e. The molecule has 1 fully saturated rings. The summed E-state index contributed by atoms with van der Waals surface area (Å²) < 4.78 is 5.34. The molecule has 19 heavy (non-hydrogen) atoms. The monoisotopic (exact) mass is 278 g/mol.